The van der Waals surface area contributed by atoms with Crippen molar-refractivity contribution in [3.05, 3.63) is 76.9 Å². The maximum Gasteiger partial charge on any atom is 0.161 e. The van der Waals surface area contributed by atoms with Crippen LogP contribution in [0.15, 0.2) is 54.6 Å². The third kappa shape index (κ3) is 5.85. The van der Waals surface area contributed by atoms with Crippen LogP contribution in [0.4, 0.5) is 0 Å². The fraction of sp³-hybridized carbons (Fsp3) is 0.308. The van der Waals surface area contributed by atoms with Gasteiger partial charge in [-0.1, -0.05) is 38.1 Å². The molecule has 0 fully saturated rings. The molecule has 0 aliphatic heterocycles. The Labute approximate surface area is 183 Å². The zero-order valence-corrected chi connectivity index (χ0v) is 18.2. The molecule has 2 atom stereocenters. The molecule has 0 aliphatic carbocycles. The van der Waals surface area contributed by atoms with E-state index < -0.39 is 0 Å². The number of aromatic hydroxyl groups is 4. The van der Waals surface area contributed by atoms with Gasteiger partial charge in [-0.2, -0.15) is 0 Å². The van der Waals surface area contributed by atoms with Gasteiger partial charge in [-0.25, -0.2) is 0 Å². The Morgan fingerprint density at radius 3 is 1.81 bits per heavy atom. The molecule has 164 valence electrons. The number of phenolic OH excluding ortho intramolecular Hbond substituents is 4. The SMILES string of the molecule is Cc1ccc(COc2cc(CC(C)C(C)Cc3ccc(O)c(O)c3)ccc2O)cc1O. The second-order valence-electron chi connectivity index (χ2n) is 8.40. The van der Waals surface area contributed by atoms with E-state index in [0.29, 0.717) is 17.6 Å². The smallest absolute Gasteiger partial charge is 0.161 e. The Hall–Kier alpha value is -3.34. The third-order valence-electron chi connectivity index (χ3n) is 5.82. The van der Waals surface area contributed by atoms with Crippen molar-refractivity contribution in [2.75, 3.05) is 0 Å². The number of hydrogen-bond donors (Lipinski definition) is 4. The molecule has 0 aromatic heterocycles. The Morgan fingerprint density at radius 1 is 0.645 bits per heavy atom. The summed E-state index contributed by atoms with van der Waals surface area (Å²) in [5.74, 6) is 1.21. The summed E-state index contributed by atoms with van der Waals surface area (Å²) in [5.41, 5.74) is 3.67. The lowest BCUT2D eigenvalue weighted by atomic mass is 9.85. The Balaban J connectivity index is 1.63. The largest absolute Gasteiger partial charge is 0.508 e. The maximum atomic E-state index is 10.2. The summed E-state index contributed by atoms with van der Waals surface area (Å²) in [5, 5.41) is 39.2. The summed E-state index contributed by atoms with van der Waals surface area (Å²) in [6.07, 6.45) is 1.60. The van der Waals surface area contributed by atoms with Crippen molar-refractivity contribution in [1.29, 1.82) is 0 Å². The van der Waals surface area contributed by atoms with Gasteiger partial charge in [-0.3, -0.25) is 0 Å². The third-order valence-corrected chi connectivity index (χ3v) is 5.82. The molecule has 0 heterocycles. The summed E-state index contributed by atoms with van der Waals surface area (Å²) in [4.78, 5) is 0. The number of benzene rings is 3. The van der Waals surface area contributed by atoms with Crippen LogP contribution in [0.5, 0.6) is 28.7 Å². The topological polar surface area (TPSA) is 90.2 Å². The van der Waals surface area contributed by atoms with Crippen molar-refractivity contribution >= 4 is 0 Å². The maximum absolute atomic E-state index is 10.2. The minimum absolute atomic E-state index is 0.0837. The van der Waals surface area contributed by atoms with Crippen LogP contribution in [0.2, 0.25) is 0 Å². The molecule has 0 spiro atoms. The van der Waals surface area contributed by atoms with Crippen molar-refractivity contribution in [1.82, 2.24) is 0 Å². The van der Waals surface area contributed by atoms with Crippen molar-refractivity contribution in [3.63, 3.8) is 0 Å². The lowest BCUT2D eigenvalue weighted by Gasteiger charge is -2.21. The van der Waals surface area contributed by atoms with Gasteiger partial charge in [0.1, 0.15) is 12.4 Å². The van der Waals surface area contributed by atoms with Crippen LogP contribution in [-0.2, 0) is 19.4 Å². The summed E-state index contributed by atoms with van der Waals surface area (Å²) >= 11 is 0. The first-order valence-corrected chi connectivity index (χ1v) is 10.5. The van der Waals surface area contributed by atoms with Crippen LogP contribution in [0.3, 0.4) is 0 Å². The molecule has 0 radical (unpaired) electrons. The molecule has 0 bridgehead atoms. The minimum atomic E-state index is -0.109. The van der Waals surface area contributed by atoms with Gasteiger partial charge in [0.2, 0.25) is 0 Å². The van der Waals surface area contributed by atoms with Crippen molar-refractivity contribution in [3.8, 4) is 28.7 Å². The Morgan fingerprint density at radius 2 is 1.19 bits per heavy atom. The number of aryl methyl sites for hydroxylation is 1. The van der Waals surface area contributed by atoms with Crippen LogP contribution >= 0.6 is 0 Å². The molecular weight excluding hydrogens is 392 g/mol. The first-order chi connectivity index (χ1) is 14.7. The predicted molar refractivity (Wildman–Crippen MR) is 121 cm³/mol. The van der Waals surface area contributed by atoms with Gasteiger partial charge in [0, 0.05) is 0 Å². The highest BCUT2D eigenvalue weighted by Gasteiger charge is 2.16. The first kappa shape index (κ1) is 22.3. The molecule has 31 heavy (non-hydrogen) atoms. The molecule has 3 rings (SSSR count). The van der Waals surface area contributed by atoms with Crippen LogP contribution in [-0.4, -0.2) is 20.4 Å². The first-order valence-electron chi connectivity index (χ1n) is 10.5. The highest BCUT2D eigenvalue weighted by molar-refractivity contribution is 5.43. The predicted octanol–water partition coefficient (Wildman–Crippen LogP) is 5.45. The molecule has 0 aliphatic rings. The lowest BCUT2D eigenvalue weighted by molar-refractivity contribution is 0.287. The van der Waals surface area contributed by atoms with E-state index in [-0.39, 0.29) is 29.6 Å². The average molecular weight is 423 g/mol. The van der Waals surface area contributed by atoms with Gasteiger partial charge >= 0.3 is 0 Å². The van der Waals surface area contributed by atoms with E-state index in [2.05, 4.69) is 13.8 Å². The number of ether oxygens (including phenoxy) is 1. The van der Waals surface area contributed by atoms with E-state index in [1.54, 1.807) is 18.2 Å². The van der Waals surface area contributed by atoms with Crippen molar-refractivity contribution in [2.45, 2.75) is 40.2 Å². The second kappa shape index (κ2) is 9.65. The second-order valence-corrected chi connectivity index (χ2v) is 8.40. The molecule has 3 aromatic carbocycles. The van der Waals surface area contributed by atoms with Gasteiger partial charge in [-0.15, -0.1) is 0 Å². The van der Waals surface area contributed by atoms with Gasteiger partial charge in [0.05, 0.1) is 0 Å². The van der Waals surface area contributed by atoms with E-state index in [4.69, 9.17) is 4.74 Å². The van der Waals surface area contributed by atoms with Gasteiger partial charge < -0.3 is 25.2 Å². The summed E-state index contributed by atoms with van der Waals surface area (Å²) in [7, 11) is 0. The van der Waals surface area contributed by atoms with E-state index in [1.807, 2.05) is 37.3 Å². The summed E-state index contributed by atoms with van der Waals surface area (Å²) in [6.45, 7) is 6.42. The standard InChI is InChI=1S/C26H30O5/c1-16-4-5-21(13-24(16)29)15-31-26-14-20(7-9-23(26)28)11-18(3)17(2)10-19-6-8-22(27)25(30)12-19/h4-9,12-14,17-18,27-30H,10-11,15H2,1-3H3. The summed E-state index contributed by atoms with van der Waals surface area (Å²) < 4.78 is 5.81. The van der Waals surface area contributed by atoms with E-state index >= 15 is 0 Å². The van der Waals surface area contributed by atoms with E-state index in [0.717, 1.165) is 35.1 Å². The van der Waals surface area contributed by atoms with Crippen LogP contribution in [0, 0.1) is 18.8 Å². The Kier molecular flexibility index (Phi) is 6.95. The zero-order valence-electron chi connectivity index (χ0n) is 18.2. The molecule has 3 aromatic rings. The molecule has 5 heteroatoms. The van der Waals surface area contributed by atoms with Gasteiger partial charge in [0.25, 0.3) is 0 Å². The molecule has 2 unspecified atom stereocenters. The van der Waals surface area contributed by atoms with Gasteiger partial charge in [-0.05, 0) is 84.2 Å². The average Bonchev–Trinajstić information content (AvgIpc) is 2.73. The fourth-order valence-electron chi connectivity index (χ4n) is 3.55. The highest BCUT2D eigenvalue weighted by Crippen LogP contribution is 2.31. The van der Waals surface area contributed by atoms with Crippen LogP contribution in [0.1, 0.15) is 36.1 Å². The number of phenols is 4. The molecular formula is C26H30O5. The molecule has 0 saturated carbocycles. The lowest BCUT2D eigenvalue weighted by Crippen LogP contribution is -2.13. The quantitative estimate of drug-likeness (QED) is 0.362. The molecule has 0 amide bonds. The zero-order chi connectivity index (χ0) is 22.5. The molecule has 4 N–H and O–H groups in total. The molecule has 0 saturated heterocycles. The van der Waals surface area contributed by atoms with Crippen LogP contribution < -0.4 is 4.74 Å². The Bertz CT molecular complexity index is 1040. The summed E-state index contributed by atoms with van der Waals surface area (Å²) in [6, 6.07) is 15.7. The highest BCUT2D eigenvalue weighted by atomic mass is 16.5. The number of rotatable bonds is 8. The molecule has 5 nitrogen and oxygen atoms in total. The van der Waals surface area contributed by atoms with Gasteiger partial charge in [0.15, 0.2) is 23.0 Å². The number of hydrogen-bond acceptors (Lipinski definition) is 5. The van der Waals surface area contributed by atoms with Crippen LogP contribution in [0.25, 0.3) is 0 Å². The van der Waals surface area contributed by atoms with E-state index in [9.17, 15) is 20.4 Å². The van der Waals surface area contributed by atoms with E-state index in [1.165, 1.54) is 6.07 Å². The fourth-order valence-corrected chi connectivity index (χ4v) is 3.55. The minimum Gasteiger partial charge on any atom is -0.508 e. The normalized spacial score (nSPS) is 13.0. The van der Waals surface area contributed by atoms with Crippen molar-refractivity contribution < 1.29 is 25.2 Å². The van der Waals surface area contributed by atoms with Crippen molar-refractivity contribution in [2.24, 2.45) is 11.8 Å². The monoisotopic (exact) mass is 422 g/mol.